The lowest BCUT2D eigenvalue weighted by Gasteiger charge is -2.39. The van der Waals surface area contributed by atoms with Gasteiger partial charge in [0.15, 0.2) is 6.61 Å². The predicted octanol–water partition coefficient (Wildman–Crippen LogP) is 5.56. The van der Waals surface area contributed by atoms with Gasteiger partial charge in [-0.2, -0.15) is 0 Å². The van der Waals surface area contributed by atoms with Crippen molar-refractivity contribution in [3.05, 3.63) is 64.3 Å². The molecule has 0 atom stereocenters. The minimum Gasteiger partial charge on any atom is -0.466 e. The van der Waals surface area contributed by atoms with Crippen LogP contribution in [0.4, 0.5) is 14.5 Å². The third-order valence-corrected chi connectivity index (χ3v) is 10.0. The molecule has 43 heavy (non-hydrogen) atoms. The number of amides is 1. The number of nitrogens with one attached hydrogen (secondary N) is 1. The molecule has 0 saturated heterocycles. The summed E-state index contributed by atoms with van der Waals surface area (Å²) in [7, 11) is -1.30. The number of hydrogen-bond acceptors (Lipinski definition) is 7. The topological polar surface area (TPSA) is 98.8 Å². The molecule has 4 aromatic rings. The first-order valence-corrected chi connectivity index (χ1v) is 18.4. The molecule has 0 radical (unpaired) electrons. The quantitative estimate of drug-likeness (QED) is 0.151. The Kier molecular flexibility index (Phi) is 8.09. The molecule has 6 rings (SSSR count). The number of aromatic nitrogens is 2. The number of halogens is 2. The number of hydrogen-bond donors (Lipinski definition) is 1. The van der Waals surface area contributed by atoms with Gasteiger partial charge in [-0.25, -0.2) is 18.6 Å². The van der Waals surface area contributed by atoms with E-state index in [2.05, 4.69) is 29.9 Å². The molecule has 0 spiro atoms. The van der Waals surface area contributed by atoms with E-state index in [9.17, 15) is 18.4 Å². The summed E-state index contributed by atoms with van der Waals surface area (Å²) in [4.78, 5) is 31.3. The second-order valence-corrected chi connectivity index (χ2v) is 18.2. The summed E-state index contributed by atoms with van der Waals surface area (Å²) in [5.74, 6) is -0.844. The van der Waals surface area contributed by atoms with Crippen LogP contribution in [-0.4, -0.2) is 48.8 Å². The number of anilines is 1. The Morgan fingerprint density at radius 1 is 1.05 bits per heavy atom. The Bertz CT molecular complexity index is 1730. The predicted molar refractivity (Wildman–Crippen MR) is 162 cm³/mol. The Morgan fingerprint density at radius 2 is 1.84 bits per heavy atom. The molecule has 1 aliphatic carbocycles. The Morgan fingerprint density at radius 3 is 2.60 bits per heavy atom. The number of ether oxygens (including phenoxy) is 2. The fraction of sp³-hybridized carbons (Fsp3) is 0.452. The molecule has 1 fully saturated rings. The van der Waals surface area contributed by atoms with E-state index in [0.717, 1.165) is 43.6 Å². The van der Waals surface area contributed by atoms with E-state index in [1.54, 1.807) is 11.0 Å². The maximum absolute atomic E-state index is 14.3. The number of carbonyl (C=O) groups is 1. The molecule has 12 heteroatoms. The standard InChI is InChI=1S/C31H36F2N4O5Si/c1-43(2,3)11-10-40-18-36-23(14-25-29(36)24-12-19(32)4-9-27(24)42-31(25)39)16-34-21-5-7-22(8-6-21)37-26-13-20(33)15-35-30(26)41-17-28(37)38/h4,9,12-15,21-22,34H,5-8,10-11,16-18H2,1-3H3. The number of benzene rings is 1. The van der Waals surface area contributed by atoms with Gasteiger partial charge in [0, 0.05) is 50.5 Å². The lowest BCUT2D eigenvalue weighted by atomic mass is 9.89. The van der Waals surface area contributed by atoms with Gasteiger partial charge >= 0.3 is 5.63 Å². The van der Waals surface area contributed by atoms with Gasteiger partial charge in [0.25, 0.3) is 5.91 Å². The summed E-state index contributed by atoms with van der Waals surface area (Å²) in [6, 6.07) is 8.36. The smallest absolute Gasteiger partial charge is 0.345 e. The van der Waals surface area contributed by atoms with E-state index in [4.69, 9.17) is 13.9 Å². The first-order chi connectivity index (χ1) is 20.6. The molecule has 1 N–H and O–H groups in total. The van der Waals surface area contributed by atoms with Gasteiger partial charge < -0.3 is 28.7 Å². The molecular weight excluding hydrogens is 574 g/mol. The van der Waals surface area contributed by atoms with Crippen LogP contribution < -0.4 is 20.6 Å². The second kappa shape index (κ2) is 11.8. The average molecular weight is 611 g/mol. The Balaban J connectivity index is 1.20. The van der Waals surface area contributed by atoms with Crippen molar-refractivity contribution in [3.8, 4) is 5.88 Å². The van der Waals surface area contributed by atoms with E-state index >= 15 is 0 Å². The lowest BCUT2D eigenvalue weighted by molar-refractivity contribution is -0.122. The zero-order valence-electron chi connectivity index (χ0n) is 24.6. The van der Waals surface area contributed by atoms with Crippen molar-refractivity contribution in [2.24, 2.45) is 0 Å². The van der Waals surface area contributed by atoms with Gasteiger partial charge in [-0.05, 0) is 56.0 Å². The Hall–Kier alpha value is -3.61. The van der Waals surface area contributed by atoms with Crippen LogP contribution in [0.15, 0.2) is 45.7 Å². The highest BCUT2D eigenvalue weighted by Crippen LogP contribution is 2.36. The molecule has 1 amide bonds. The molecule has 9 nitrogen and oxygen atoms in total. The third-order valence-electron chi connectivity index (χ3n) is 8.31. The van der Waals surface area contributed by atoms with Crippen LogP contribution in [0.2, 0.25) is 25.7 Å². The van der Waals surface area contributed by atoms with Gasteiger partial charge in [-0.1, -0.05) is 19.6 Å². The van der Waals surface area contributed by atoms with Crippen molar-refractivity contribution >= 4 is 41.5 Å². The SMILES string of the molecule is C[Si](C)(C)CCOCn1c(CNC2CCC(N3C(=O)COc4ncc(F)cc43)CC2)cc2c(=O)oc3ccc(F)cc3c21. The highest BCUT2D eigenvalue weighted by atomic mass is 28.3. The van der Waals surface area contributed by atoms with Crippen molar-refractivity contribution < 1.29 is 27.5 Å². The number of carbonyl (C=O) groups excluding carboxylic acids is 1. The van der Waals surface area contributed by atoms with Crippen molar-refractivity contribution in [1.82, 2.24) is 14.9 Å². The summed E-state index contributed by atoms with van der Waals surface area (Å²) in [6.45, 7) is 8.05. The van der Waals surface area contributed by atoms with Crippen LogP contribution in [0.25, 0.3) is 21.9 Å². The van der Waals surface area contributed by atoms with Crippen molar-refractivity contribution in [1.29, 1.82) is 0 Å². The molecule has 228 valence electrons. The molecule has 3 aromatic heterocycles. The summed E-state index contributed by atoms with van der Waals surface area (Å²) >= 11 is 0. The van der Waals surface area contributed by atoms with E-state index in [1.165, 1.54) is 24.3 Å². The van der Waals surface area contributed by atoms with Gasteiger partial charge in [0.05, 0.1) is 17.1 Å². The third kappa shape index (κ3) is 6.22. The second-order valence-electron chi connectivity index (χ2n) is 12.6. The number of nitrogens with zero attached hydrogens (tertiary/aromatic N) is 3. The lowest BCUT2D eigenvalue weighted by Crippen LogP contribution is -2.49. The maximum atomic E-state index is 14.3. The largest absolute Gasteiger partial charge is 0.466 e. The normalized spacial score (nSPS) is 19.2. The van der Waals surface area contributed by atoms with Gasteiger partial charge in [0.2, 0.25) is 5.88 Å². The van der Waals surface area contributed by atoms with Crippen molar-refractivity contribution in [3.63, 3.8) is 0 Å². The van der Waals surface area contributed by atoms with Gasteiger partial charge in [-0.3, -0.25) is 4.79 Å². The molecule has 4 heterocycles. The van der Waals surface area contributed by atoms with Crippen LogP contribution in [0.1, 0.15) is 31.4 Å². The molecular formula is C31H36F2N4O5Si. The summed E-state index contributed by atoms with van der Waals surface area (Å²) in [5.41, 5.74) is 1.68. The number of rotatable bonds is 9. The first-order valence-electron chi connectivity index (χ1n) is 14.7. The van der Waals surface area contributed by atoms with Crippen molar-refractivity contribution in [2.75, 3.05) is 18.1 Å². The van der Waals surface area contributed by atoms with E-state index in [-0.39, 0.29) is 37.2 Å². The highest BCUT2D eigenvalue weighted by Gasteiger charge is 2.35. The summed E-state index contributed by atoms with van der Waals surface area (Å²) < 4.78 is 47.2. The zero-order valence-corrected chi connectivity index (χ0v) is 25.6. The van der Waals surface area contributed by atoms with Crippen LogP contribution in [0.5, 0.6) is 5.88 Å². The molecule has 1 aromatic carbocycles. The van der Waals surface area contributed by atoms with Crippen LogP contribution >= 0.6 is 0 Å². The van der Waals surface area contributed by atoms with Gasteiger partial charge in [-0.15, -0.1) is 0 Å². The van der Waals surface area contributed by atoms with E-state index in [0.29, 0.717) is 40.7 Å². The van der Waals surface area contributed by atoms with E-state index < -0.39 is 25.3 Å². The van der Waals surface area contributed by atoms with Gasteiger partial charge in [0.1, 0.15) is 29.6 Å². The fourth-order valence-electron chi connectivity index (χ4n) is 6.03. The molecule has 2 aliphatic rings. The molecule has 0 unspecified atom stereocenters. The zero-order chi connectivity index (χ0) is 30.3. The average Bonchev–Trinajstić information content (AvgIpc) is 3.34. The molecule has 0 bridgehead atoms. The minimum atomic E-state index is -1.30. The summed E-state index contributed by atoms with van der Waals surface area (Å²) in [6.07, 6.45) is 4.16. The fourth-order valence-corrected chi connectivity index (χ4v) is 6.79. The monoisotopic (exact) mass is 610 g/mol. The molecule has 1 aliphatic heterocycles. The van der Waals surface area contributed by atoms with Crippen LogP contribution in [0.3, 0.4) is 0 Å². The minimum absolute atomic E-state index is 0.0751. The Labute approximate surface area is 248 Å². The van der Waals surface area contributed by atoms with E-state index in [1.807, 2.05) is 4.57 Å². The number of pyridine rings is 1. The van der Waals surface area contributed by atoms with Crippen LogP contribution in [-0.2, 0) is 22.8 Å². The summed E-state index contributed by atoms with van der Waals surface area (Å²) in [5, 5.41) is 4.53. The highest BCUT2D eigenvalue weighted by molar-refractivity contribution is 6.76. The number of fused-ring (bicyclic) bond motifs is 4. The molecule has 1 saturated carbocycles. The van der Waals surface area contributed by atoms with Crippen LogP contribution in [0, 0.1) is 11.6 Å². The van der Waals surface area contributed by atoms with Crippen molar-refractivity contribution in [2.45, 2.75) is 76.7 Å². The maximum Gasteiger partial charge on any atom is 0.345 e. The first kappa shape index (κ1) is 29.5.